The lowest BCUT2D eigenvalue weighted by Gasteiger charge is -2.41. The van der Waals surface area contributed by atoms with E-state index in [4.69, 9.17) is 4.74 Å². The van der Waals surface area contributed by atoms with E-state index in [2.05, 4.69) is 5.32 Å². The van der Waals surface area contributed by atoms with Crippen molar-refractivity contribution < 1.29 is 14.3 Å². The molecule has 1 aliphatic rings. The Morgan fingerprint density at radius 3 is 2.50 bits per heavy atom. The summed E-state index contributed by atoms with van der Waals surface area (Å²) in [6.07, 6.45) is 0.788. The average molecular weight is 256 g/mol. The van der Waals surface area contributed by atoms with Gasteiger partial charge in [-0.05, 0) is 19.8 Å². The van der Waals surface area contributed by atoms with Gasteiger partial charge in [-0.2, -0.15) is 0 Å². The molecule has 5 heteroatoms. The van der Waals surface area contributed by atoms with Gasteiger partial charge in [0.1, 0.15) is 12.1 Å². The first kappa shape index (κ1) is 15.0. The lowest BCUT2D eigenvalue weighted by Crippen LogP contribution is -2.65. The Morgan fingerprint density at radius 2 is 2.00 bits per heavy atom. The molecule has 0 aromatic heterocycles. The summed E-state index contributed by atoms with van der Waals surface area (Å²) in [6, 6.07) is -0.821. The van der Waals surface area contributed by atoms with Crippen LogP contribution < -0.4 is 5.32 Å². The molecule has 1 heterocycles. The molecule has 1 rings (SSSR count). The Hall–Kier alpha value is -1.10. The first-order valence-electron chi connectivity index (χ1n) is 6.56. The topological polar surface area (TPSA) is 58.6 Å². The van der Waals surface area contributed by atoms with Crippen molar-refractivity contribution in [1.82, 2.24) is 10.2 Å². The first-order chi connectivity index (χ1) is 8.42. The van der Waals surface area contributed by atoms with Crippen LogP contribution in [0.15, 0.2) is 0 Å². The summed E-state index contributed by atoms with van der Waals surface area (Å²) >= 11 is 0. The minimum absolute atomic E-state index is 0.0243. The van der Waals surface area contributed by atoms with Crippen LogP contribution in [0.3, 0.4) is 0 Å². The Bertz CT molecular complexity index is 319. The highest BCUT2D eigenvalue weighted by Crippen LogP contribution is 2.20. The molecule has 1 saturated heterocycles. The summed E-state index contributed by atoms with van der Waals surface area (Å²) in [5.74, 6) is 0.0639. The highest BCUT2D eigenvalue weighted by atomic mass is 16.5. The summed E-state index contributed by atoms with van der Waals surface area (Å²) in [4.78, 5) is 26.0. The predicted molar refractivity (Wildman–Crippen MR) is 69.0 cm³/mol. The van der Waals surface area contributed by atoms with Gasteiger partial charge in [-0.1, -0.05) is 20.3 Å². The quantitative estimate of drug-likeness (QED) is 0.791. The number of hydrogen-bond donors (Lipinski definition) is 1. The van der Waals surface area contributed by atoms with Crippen molar-refractivity contribution >= 4 is 11.8 Å². The lowest BCUT2D eigenvalue weighted by molar-refractivity contribution is -0.152. The number of nitrogens with zero attached hydrogens (tertiary/aromatic N) is 1. The fraction of sp³-hybridized carbons (Fsp3) is 0.846. The third-order valence-electron chi connectivity index (χ3n) is 3.66. The van der Waals surface area contributed by atoms with E-state index in [-0.39, 0.29) is 29.9 Å². The lowest BCUT2D eigenvalue weighted by atomic mass is 9.93. The Morgan fingerprint density at radius 1 is 1.39 bits per heavy atom. The van der Waals surface area contributed by atoms with Crippen LogP contribution in [0, 0.1) is 5.92 Å². The van der Waals surface area contributed by atoms with Crippen molar-refractivity contribution in [2.24, 2.45) is 5.92 Å². The molecule has 4 atom stereocenters. The molecule has 0 bridgehead atoms. The largest absolute Gasteiger partial charge is 0.380 e. The molecule has 0 saturated carbocycles. The van der Waals surface area contributed by atoms with Crippen LogP contribution in [0.5, 0.6) is 0 Å². The van der Waals surface area contributed by atoms with E-state index in [1.54, 1.807) is 18.9 Å². The molecule has 0 aliphatic carbocycles. The van der Waals surface area contributed by atoms with E-state index in [1.807, 2.05) is 20.8 Å². The van der Waals surface area contributed by atoms with Crippen LogP contribution in [0.25, 0.3) is 0 Å². The summed E-state index contributed by atoms with van der Waals surface area (Å²) in [5.41, 5.74) is 0. The van der Waals surface area contributed by atoms with Crippen LogP contribution in [0.4, 0.5) is 0 Å². The fourth-order valence-electron chi connectivity index (χ4n) is 2.23. The predicted octanol–water partition coefficient (Wildman–Crippen LogP) is 0.783. The number of methoxy groups -OCH3 is 1. The number of nitrogens with one attached hydrogen (secondary N) is 1. The van der Waals surface area contributed by atoms with E-state index in [0.29, 0.717) is 6.54 Å². The first-order valence-corrected chi connectivity index (χ1v) is 6.56. The maximum absolute atomic E-state index is 12.2. The molecule has 4 unspecified atom stereocenters. The smallest absolute Gasteiger partial charge is 0.245 e. The summed E-state index contributed by atoms with van der Waals surface area (Å²) in [5, 5.41) is 2.74. The summed E-state index contributed by atoms with van der Waals surface area (Å²) in [7, 11) is 1.61. The van der Waals surface area contributed by atoms with Gasteiger partial charge in [0.2, 0.25) is 11.8 Å². The number of rotatable bonds is 5. The van der Waals surface area contributed by atoms with Gasteiger partial charge in [0.05, 0.1) is 6.10 Å². The highest BCUT2D eigenvalue weighted by molar-refractivity contribution is 5.96. The molecule has 1 fully saturated rings. The summed E-state index contributed by atoms with van der Waals surface area (Å²) in [6.45, 7) is 8.11. The fourth-order valence-corrected chi connectivity index (χ4v) is 2.23. The van der Waals surface area contributed by atoms with Crippen LogP contribution in [-0.4, -0.2) is 48.6 Å². The number of ether oxygens (including phenoxy) is 1. The second-order valence-corrected chi connectivity index (χ2v) is 5.10. The van der Waals surface area contributed by atoms with Gasteiger partial charge >= 0.3 is 0 Å². The maximum Gasteiger partial charge on any atom is 0.245 e. The molecular formula is C13H24N2O3. The standard InChI is InChI=1S/C13H24N2O3/c1-6-8(2)11-12(16)14-10(4)13(17)15(11)7-9(3)18-5/h8-11H,6-7H2,1-5H3,(H,14,16). The number of amides is 2. The molecule has 0 aromatic carbocycles. The van der Waals surface area contributed by atoms with Crippen molar-refractivity contribution in [3.8, 4) is 0 Å². The van der Waals surface area contributed by atoms with Crippen molar-refractivity contribution in [3.63, 3.8) is 0 Å². The maximum atomic E-state index is 12.2. The van der Waals surface area contributed by atoms with Gasteiger partial charge in [0.25, 0.3) is 0 Å². The van der Waals surface area contributed by atoms with Crippen LogP contribution >= 0.6 is 0 Å². The van der Waals surface area contributed by atoms with Gasteiger partial charge in [-0.3, -0.25) is 9.59 Å². The molecule has 104 valence electrons. The molecule has 0 radical (unpaired) electrons. The van der Waals surface area contributed by atoms with Crippen molar-refractivity contribution in [1.29, 1.82) is 0 Å². The number of carbonyl (C=O) groups is 2. The van der Waals surface area contributed by atoms with Crippen molar-refractivity contribution in [2.75, 3.05) is 13.7 Å². The number of hydrogen-bond acceptors (Lipinski definition) is 3. The second-order valence-electron chi connectivity index (χ2n) is 5.10. The minimum atomic E-state index is -0.443. The Labute approximate surface area is 109 Å². The molecule has 2 amide bonds. The monoisotopic (exact) mass is 256 g/mol. The minimum Gasteiger partial charge on any atom is -0.380 e. The van der Waals surface area contributed by atoms with Gasteiger partial charge < -0.3 is 15.0 Å². The molecule has 18 heavy (non-hydrogen) atoms. The van der Waals surface area contributed by atoms with E-state index >= 15 is 0 Å². The van der Waals surface area contributed by atoms with E-state index in [9.17, 15) is 9.59 Å². The molecule has 1 N–H and O–H groups in total. The molecule has 0 spiro atoms. The van der Waals surface area contributed by atoms with Crippen LogP contribution in [0.2, 0.25) is 0 Å². The van der Waals surface area contributed by atoms with E-state index < -0.39 is 6.04 Å². The zero-order valence-electron chi connectivity index (χ0n) is 11.9. The second kappa shape index (κ2) is 6.18. The third-order valence-corrected chi connectivity index (χ3v) is 3.66. The van der Waals surface area contributed by atoms with Gasteiger partial charge in [0.15, 0.2) is 0 Å². The molecule has 1 aliphatic heterocycles. The highest BCUT2D eigenvalue weighted by Gasteiger charge is 2.41. The van der Waals surface area contributed by atoms with Gasteiger partial charge in [-0.25, -0.2) is 0 Å². The number of carbonyl (C=O) groups excluding carboxylic acids is 2. The van der Waals surface area contributed by atoms with E-state index in [1.165, 1.54) is 0 Å². The zero-order chi connectivity index (χ0) is 13.9. The third kappa shape index (κ3) is 3.02. The molecule has 0 aromatic rings. The van der Waals surface area contributed by atoms with Gasteiger partial charge in [-0.15, -0.1) is 0 Å². The van der Waals surface area contributed by atoms with Crippen LogP contribution in [0.1, 0.15) is 34.1 Å². The Balaban J connectivity index is 2.93. The van der Waals surface area contributed by atoms with Gasteiger partial charge in [0, 0.05) is 13.7 Å². The average Bonchev–Trinajstić information content (AvgIpc) is 2.34. The Kier molecular flexibility index (Phi) is 5.14. The van der Waals surface area contributed by atoms with Crippen molar-refractivity contribution in [3.05, 3.63) is 0 Å². The normalized spacial score (nSPS) is 27.9. The van der Waals surface area contributed by atoms with Crippen molar-refractivity contribution in [2.45, 2.75) is 52.3 Å². The summed E-state index contributed by atoms with van der Waals surface area (Å²) < 4.78 is 5.21. The zero-order valence-corrected chi connectivity index (χ0v) is 11.9. The molecule has 5 nitrogen and oxygen atoms in total. The molecular weight excluding hydrogens is 232 g/mol. The van der Waals surface area contributed by atoms with Crippen LogP contribution in [-0.2, 0) is 14.3 Å². The SMILES string of the molecule is CCC(C)C1C(=O)NC(C)C(=O)N1CC(C)OC. The van der Waals surface area contributed by atoms with E-state index in [0.717, 1.165) is 6.42 Å². The number of piperazine rings is 1.